The molecule has 6 heteroatoms. The van der Waals surface area contributed by atoms with Crippen molar-refractivity contribution in [3.05, 3.63) is 190 Å². The number of para-hydroxylation sites is 1. The van der Waals surface area contributed by atoms with Gasteiger partial charge in [-0.1, -0.05) is 127 Å². The maximum absolute atomic E-state index is 11.7. The monoisotopic (exact) mass is 749 g/mol. The summed E-state index contributed by atoms with van der Waals surface area (Å²) in [5.41, 5.74) is 0.718. The Labute approximate surface area is 282 Å². The van der Waals surface area contributed by atoms with Gasteiger partial charge in [0.1, 0.15) is 0 Å². The molecule has 0 heterocycles. The first-order valence-electron chi connectivity index (χ1n) is 13.2. The molecule has 0 radical (unpaired) electrons. The van der Waals surface area contributed by atoms with Gasteiger partial charge in [0.05, 0.1) is 11.0 Å². The van der Waals surface area contributed by atoms with Gasteiger partial charge in [-0.25, -0.2) is 4.99 Å². The van der Waals surface area contributed by atoms with Crippen molar-refractivity contribution in [1.29, 1.82) is 0 Å². The quantitative estimate of drug-likeness (QED) is 0.101. The molecule has 0 fully saturated rings. The minimum absolute atomic E-state index is 0. The van der Waals surface area contributed by atoms with Crippen molar-refractivity contribution in [3.8, 4) is 5.75 Å². The van der Waals surface area contributed by atoms with Crippen molar-refractivity contribution in [2.24, 2.45) is 4.99 Å². The van der Waals surface area contributed by atoms with E-state index in [0.29, 0.717) is 5.36 Å². The average Bonchev–Trinajstić information content (AvgIpc) is 3.26. The van der Waals surface area contributed by atoms with Gasteiger partial charge in [0.15, 0.2) is 0 Å². The third-order valence-corrected chi connectivity index (χ3v) is 9.52. The molecule has 0 aliphatic rings. The van der Waals surface area contributed by atoms with Crippen LogP contribution in [0.4, 0.5) is 5.69 Å². The second kappa shape index (κ2) is 19.1. The van der Waals surface area contributed by atoms with Crippen LogP contribution < -0.4 is 26.4 Å². The van der Waals surface area contributed by atoms with Crippen molar-refractivity contribution in [1.82, 2.24) is 0 Å². The van der Waals surface area contributed by atoms with Crippen molar-refractivity contribution in [3.63, 3.8) is 0 Å². The zero-order chi connectivity index (χ0) is 29.4. The molecular formula is C37H28Br2NNiOP. The first-order chi connectivity index (χ1) is 20.6. The third-order valence-electron chi connectivity index (χ3n) is 5.80. The number of rotatable bonds is 4. The summed E-state index contributed by atoms with van der Waals surface area (Å²) in [5.74, 6) is -0.0994. The minimum atomic E-state index is -0.446. The van der Waals surface area contributed by atoms with E-state index in [9.17, 15) is 5.11 Å². The second-order valence-electron chi connectivity index (χ2n) is 8.76. The summed E-state index contributed by atoms with van der Waals surface area (Å²) in [6.45, 7) is 0. The smallest absolute Gasteiger partial charge is 0.871 e. The normalized spacial score (nSPS) is 10.3. The molecule has 0 bridgehead atoms. The van der Waals surface area contributed by atoms with Gasteiger partial charge in [-0.3, -0.25) is 0 Å². The minimum Gasteiger partial charge on any atom is -0.871 e. The second-order valence-corrected chi connectivity index (χ2v) is 12.7. The standard InChI is InChI=1S/C18H15P.C13H9Br2NO.C6H5.Ni/c1-4-10-16(11-5-1)19(17-12-6-2-7-13-17)18-14-8-3-9-15-18;14-9-5-4-6-10(15)13(9)16-11-7-2-1-3-8-12(11)17;1-2-4-6-5-3-1;/h1-15H;1-8H,(H,16,17);1-5H;/q;;-1;+2/p-1. The molecule has 43 heavy (non-hydrogen) atoms. The van der Waals surface area contributed by atoms with Gasteiger partial charge in [-0.15, -0.1) is 0 Å². The van der Waals surface area contributed by atoms with E-state index in [1.807, 2.05) is 48.5 Å². The van der Waals surface area contributed by atoms with E-state index in [4.69, 9.17) is 0 Å². The van der Waals surface area contributed by atoms with Crippen LogP contribution in [0.25, 0.3) is 0 Å². The number of benzene rings is 5. The molecule has 6 aromatic rings. The van der Waals surface area contributed by atoms with Crippen LogP contribution in [0.1, 0.15) is 0 Å². The summed E-state index contributed by atoms with van der Waals surface area (Å²) in [6.07, 6.45) is 0. The van der Waals surface area contributed by atoms with Gasteiger partial charge in [-0.05, 0) is 73.9 Å². The third kappa shape index (κ3) is 11.0. The summed E-state index contributed by atoms with van der Waals surface area (Å²) < 4.78 is 1.69. The topological polar surface area (TPSA) is 35.4 Å². The molecule has 0 spiro atoms. The zero-order valence-corrected chi connectivity index (χ0v) is 28.1. The summed E-state index contributed by atoms with van der Waals surface area (Å²) in [7, 11) is -0.446. The fourth-order valence-corrected chi connectivity index (χ4v) is 7.33. The van der Waals surface area contributed by atoms with E-state index in [2.05, 4.69) is 134 Å². The van der Waals surface area contributed by atoms with E-state index in [0.717, 1.165) is 14.6 Å². The van der Waals surface area contributed by atoms with Crippen LogP contribution in [0.3, 0.4) is 0 Å². The number of hydrogen-bond donors (Lipinski definition) is 0. The summed E-state index contributed by atoms with van der Waals surface area (Å²) in [5, 5.41) is 16.3. The van der Waals surface area contributed by atoms with Crippen LogP contribution in [0.15, 0.2) is 184 Å². The summed E-state index contributed by atoms with van der Waals surface area (Å²) in [4.78, 5) is 4.37. The van der Waals surface area contributed by atoms with Crippen LogP contribution >= 0.6 is 39.8 Å². The number of nitrogens with zero attached hydrogens (tertiary/aromatic N) is 1. The Hall–Kier alpha value is -3.33. The molecule has 0 unspecified atom stereocenters. The van der Waals surface area contributed by atoms with Crippen molar-refractivity contribution in [2.75, 3.05) is 0 Å². The molecule has 0 amide bonds. The first-order valence-corrected chi connectivity index (χ1v) is 16.2. The van der Waals surface area contributed by atoms with E-state index in [1.54, 1.807) is 24.3 Å². The Kier molecular flexibility index (Phi) is 15.1. The molecule has 0 saturated carbocycles. The molecular weight excluding hydrogens is 724 g/mol. The van der Waals surface area contributed by atoms with Gasteiger partial charge in [0, 0.05) is 8.95 Å². The van der Waals surface area contributed by atoms with Gasteiger partial charge >= 0.3 is 16.5 Å². The number of hydrogen-bond acceptors (Lipinski definition) is 2. The Morgan fingerprint density at radius 2 is 0.884 bits per heavy atom. The fourth-order valence-electron chi connectivity index (χ4n) is 3.85. The van der Waals surface area contributed by atoms with Crippen LogP contribution in [-0.2, 0) is 16.5 Å². The van der Waals surface area contributed by atoms with E-state index < -0.39 is 7.92 Å². The molecule has 6 rings (SSSR count). The van der Waals surface area contributed by atoms with Crippen LogP contribution in [0.2, 0.25) is 0 Å². The van der Waals surface area contributed by atoms with Gasteiger partial charge in [0.25, 0.3) is 0 Å². The van der Waals surface area contributed by atoms with E-state index in [1.165, 1.54) is 22.0 Å². The van der Waals surface area contributed by atoms with Crippen LogP contribution in [-0.4, -0.2) is 0 Å². The van der Waals surface area contributed by atoms with Gasteiger partial charge < -0.3 is 5.11 Å². The zero-order valence-electron chi connectivity index (χ0n) is 23.0. The largest absolute Gasteiger partial charge is 2.00 e. The van der Waals surface area contributed by atoms with Crippen molar-refractivity contribution in [2.45, 2.75) is 0 Å². The predicted octanol–water partition coefficient (Wildman–Crippen LogP) is 8.45. The Morgan fingerprint density at radius 1 is 0.488 bits per heavy atom. The Bertz CT molecular complexity index is 1570. The van der Waals surface area contributed by atoms with E-state index >= 15 is 0 Å². The number of halogens is 2. The average molecular weight is 752 g/mol. The molecule has 0 aliphatic heterocycles. The summed E-state index contributed by atoms with van der Waals surface area (Å²) in [6, 6.07) is 59.0. The molecule has 0 aromatic heterocycles. The Balaban J connectivity index is 0.000000195. The SMILES string of the molecule is [Ni+2].[O-]c1cccccc1=Nc1c(Br)cccc1Br.[c-]1ccccc1.c1ccc(P(c2ccccc2)c2ccccc2)cc1. The molecule has 0 aliphatic carbocycles. The first kappa shape index (κ1) is 34.2. The maximum atomic E-state index is 11.7. The Morgan fingerprint density at radius 3 is 1.28 bits per heavy atom. The molecule has 0 saturated heterocycles. The molecule has 0 N–H and O–H groups in total. The van der Waals surface area contributed by atoms with E-state index in [-0.39, 0.29) is 22.2 Å². The van der Waals surface area contributed by atoms with Crippen molar-refractivity contribution >= 4 is 61.4 Å². The predicted molar refractivity (Wildman–Crippen MR) is 183 cm³/mol. The van der Waals surface area contributed by atoms with Gasteiger partial charge in [0.2, 0.25) is 0 Å². The molecule has 216 valence electrons. The van der Waals surface area contributed by atoms with Crippen LogP contribution in [0, 0.1) is 6.07 Å². The molecule has 0 atom stereocenters. The maximum Gasteiger partial charge on any atom is 2.00 e. The molecule has 2 nitrogen and oxygen atoms in total. The van der Waals surface area contributed by atoms with Crippen LogP contribution in [0.5, 0.6) is 5.75 Å². The van der Waals surface area contributed by atoms with Gasteiger partial charge in [-0.2, -0.15) is 36.4 Å². The van der Waals surface area contributed by atoms with Crippen molar-refractivity contribution < 1.29 is 21.6 Å². The molecule has 6 aromatic carbocycles. The fraction of sp³-hybridized carbons (Fsp3) is 0. The summed E-state index contributed by atoms with van der Waals surface area (Å²) >= 11 is 6.83.